The molecule has 0 N–H and O–H groups in total. The number of aromatic nitrogens is 3. The second-order valence-electron chi connectivity index (χ2n) is 12.2. The number of ether oxygens (including phenoxy) is 2. The van der Waals surface area contributed by atoms with Crippen molar-refractivity contribution < 1.29 is 19.1 Å². The summed E-state index contributed by atoms with van der Waals surface area (Å²) in [4.78, 5) is 37.2. The molecule has 2 aromatic heterocycles. The highest BCUT2D eigenvalue weighted by Crippen LogP contribution is 2.36. The van der Waals surface area contributed by atoms with Crippen molar-refractivity contribution in [1.82, 2.24) is 24.1 Å². The lowest BCUT2D eigenvalue weighted by Crippen LogP contribution is -2.44. The molecule has 2 aliphatic carbocycles. The highest BCUT2D eigenvalue weighted by atomic mass is 16.6. The van der Waals surface area contributed by atoms with Gasteiger partial charge in [0, 0.05) is 76.9 Å². The molecule has 1 saturated carbocycles. The SMILES string of the molecule is CC(CN=[N+]=[N-])(CN=[N+]=[N-])OC(=O)n1cc2c(n1)CCC(N(C(=O)c1cccc3c1ccn3CCN1CCOCC1)C1CC1)C2. The van der Waals surface area contributed by atoms with Gasteiger partial charge in [0.15, 0.2) is 0 Å². The summed E-state index contributed by atoms with van der Waals surface area (Å²) in [6.45, 7) is 6.35. The van der Waals surface area contributed by atoms with Crippen LogP contribution in [0.3, 0.4) is 0 Å². The number of nitrogens with zero attached hydrogens (tertiary/aromatic N) is 11. The van der Waals surface area contributed by atoms with Crippen molar-refractivity contribution in [3.8, 4) is 0 Å². The second kappa shape index (κ2) is 13.2. The molecule has 1 atom stereocenters. The number of rotatable bonds is 11. The minimum Gasteiger partial charge on any atom is -0.441 e. The monoisotopic (exact) mass is 615 g/mol. The Kier molecular flexibility index (Phi) is 8.95. The van der Waals surface area contributed by atoms with Crippen LogP contribution in [-0.2, 0) is 28.9 Å². The van der Waals surface area contributed by atoms with Gasteiger partial charge in [0.2, 0.25) is 0 Å². The van der Waals surface area contributed by atoms with Crippen molar-refractivity contribution in [3.05, 3.63) is 74.4 Å². The van der Waals surface area contributed by atoms with Gasteiger partial charge in [0.05, 0.1) is 32.0 Å². The summed E-state index contributed by atoms with van der Waals surface area (Å²) in [5.74, 6) is 0.0427. The van der Waals surface area contributed by atoms with Crippen LogP contribution >= 0.6 is 0 Å². The first-order chi connectivity index (χ1) is 21.9. The molecule has 45 heavy (non-hydrogen) atoms. The van der Waals surface area contributed by atoms with E-state index in [9.17, 15) is 9.59 Å². The van der Waals surface area contributed by atoms with Crippen molar-refractivity contribution in [2.45, 2.75) is 63.3 Å². The highest BCUT2D eigenvalue weighted by Gasteiger charge is 2.40. The maximum absolute atomic E-state index is 14.2. The number of amides is 1. The fraction of sp³-hybridized carbons (Fsp3) is 0.567. The summed E-state index contributed by atoms with van der Waals surface area (Å²) >= 11 is 0. The summed E-state index contributed by atoms with van der Waals surface area (Å²) in [5, 5.41) is 12.4. The van der Waals surface area contributed by atoms with Gasteiger partial charge in [-0.25, -0.2) is 4.79 Å². The lowest BCUT2D eigenvalue weighted by Gasteiger charge is -2.34. The Balaban J connectivity index is 1.17. The molecule has 1 aromatic carbocycles. The second-order valence-corrected chi connectivity index (χ2v) is 12.2. The van der Waals surface area contributed by atoms with E-state index in [1.807, 2.05) is 12.1 Å². The Morgan fingerprint density at radius 3 is 2.56 bits per heavy atom. The fourth-order valence-corrected chi connectivity index (χ4v) is 6.35. The summed E-state index contributed by atoms with van der Waals surface area (Å²) in [6, 6.07) is 8.21. The summed E-state index contributed by atoms with van der Waals surface area (Å²) in [6.07, 6.45) is 6.86. The zero-order valence-electron chi connectivity index (χ0n) is 25.4. The fourth-order valence-electron chi connectivity index (χ4n) is 6.35. The van der Waals surface area contributed by atoms with Crippen LogP contribution in [0.15, 0.2) is 46.9 Å². The van der Waals surface area contributed by atoms with Gasteiger partial charge in [-0.1, -0.05) is 16.3 Å². The van der Waals surface area contributed by atoms with Gasteiger partial charge >= 0.3 is 6.09 Å². The first-order valence-electron chi connectivity index (χ1n) is 15.4. The number of fused-ring (bicyclic) bond motifs is 2. The number of carbonyl (C=O) groups excluding carboxylic acids is 2. The molecule has 1 saturated heterocycles. The molecule has 1 aliphatic heterocycles. The molecule has 3 aliphatic rings. The van der Waals surface area contributed by atoms with Crippen molar-refractivity contribution in [3.63, 3.8) is 0 Å². The van der Waals surface area contributed by atoms with Gasteiger partial charge < -0.3 is 18.9 Å². The third-order valence-corrected chi connectivity index (χ3v) is 8.88. The largest absolute Gasteiger partial charge is 0.441 e. The molecule has 3 aromatic rings. The van der Waals surface area contributed by atoms with E-state index >= 15 is 0 Å². The highest BCUT2D eigenvalue weighted by molar-refractivity contribution is 6.07. The van der Waals surface area contributed by atoms with Crippen LogP contribution in [0.5, 0.6) is 0 Å². The molecule has 1 amide bonds. The number of hydrogen-bond acceptors (Lipinski definition) is 8. The molecule has 0 radical (unpaired) electrons. The minimum atomic E-state index is -1.32. The van der Waals surface area contributed by atoms with Gasteiger partial charge in [-0.3, -0.25) is 9.69 Å². The van der Waals surface area contributed by atoms with E-state index in [4.69, 9.17) is 20.5 Å². The smallest absolute Gasteiger partial charge is 0.435 e. The number of azide groups is 2. The van der Waals surface area contributed by atoms with Crippen LogP contribution < -0.4 is 0 Å². The van der Waals surface area contributed by atoms with E-state index in [0.717, 1.165) is 85.5 Å². The predicted octanol–water partition coefficient (Wildman–Crippen LogP) is 4.70. The molecule has 15 nitrogen and oxygen atoms in total. The number of carbonyl (C=O) groups is 2. The third kappa shape index (κ3) is 6.76. The standard InChI is InChI=1S/C30H37N11O4/c1-30(19-33-36-31,20-34-37-32)45-29(43)40-18-21-17-23(7-8-26(21)35-40)41(22-5-6-22)28(42)25-3-2-4-27-24(25)9-10-39(27)12-11-38-13-15-44-16-14-38/h2-4,9-10,18,22-23H,5-8,11-17,19-20H2,1H3. The molecule has 0 spiro atoms. The van der Waals surface area contributed by atoms with Crippen LogP contribution in [0, 0.1) is 0 Å². The van der Waals surface area contributed by atoms with Crippen molar-refractivity contribution in [2.24, 2.45) is 10.2 Å². The van der Waals surface area contributed by atoms with Crippen LogP contribution in [0.4, 0.5) is 4.79 Å². The van der Waals surface area contributed by atoms with Crippen LogP contribution in [0.1, 0.15) is 47.8 Å². The van der Waals surface area contributed by atoms with Crippen molar-refractivity contribution in [1.29, 1.82) is 0 Å². The van der Waals surface area contributed by atoms with E-state index in [2.05, 4.69) is 57.8 Å². The number of aryl methyl sites for hydroxylation is 1. The van der Waals surface area contributed by atoms with Crippen LogP contribution in [-0.4, -0.2) is 99.8 Å². The van der Waals surface area contributed by atoms with Crippen LogP contribution in [0.2, 0.25) is 0 Å². The van der Waals surface area contributed by atoms with E-state index in [1.54, 1.807) is 6.20 Å². The molecule has 236 valence electrons. The lowest BCUT2D eigenvalue weighted by atomic mass is 9.91. The van der Waals surface area contributed by atoms with E-state index < -0.39 is 11.7 Å². The Bertz CT molecular complexity index is 1640. The van der Waals surface area contributed by atoms with E-state index in [0.29, 0.717) is 18.4 Å². The van der Waals surface area contributed by atoms with Gasteiger partial charge in [-0.05, 0) is 73.9 Å². The molecule has 1 unspecified atom stereocenters. The molecule has 3 heterocycles. The van der Waals surface area contributed by atoms with Gasteiger partial charge in [-0.2, -0.15) is 9.78 Å². The lowest BCUT2D eigenvalue weighted by molar-refractivity contribution is 0.0364. The normalized spacial score (nSPS) is 19.5. The topological polar surface area (TPSA) is 179 Å². The third-order valence-electron chi connectivity index (χ3n) is 8.88. The zero-order valence-corrected chi connectivity index (χ0v) is 25.4. The Morgan fingerprint density at radius 2 is 1.84 bits per heavy atom. The summed E-state index contributed by atoms with van der Waals surface area (Å²) in [7, 11) is 0. The number of hydrogen-bond donors (Lipinski definition) is 0. The predicted molar refractivity (Wildman–Crippen MR) is 165 cm³/mol. The quantitative estimate of drug-likeness (QED) is 0.171. The Morgan fingerprint density at radius 1 is 1.09 bits per heavy atom. The van der Waals surface area contributed by atoms with E-state index in [1.165, 1.54) is 6.92 Å². The minimum absolute atomic E-state index is 0.0231. The Hall–Kier alpha value is -4.55. The number of morpholine rings is 1. The molecule has 15 heteroatoms. The summed E-state index contributed by atoms with van der Waals surface area (Å²) < 4.78 is 14.4. The van der Waals surface area contributed by atoms with Crippen molar-refractivity contribution in [2.75, 3.05) is 45.9 Å². The summed E-state index contributed by atoms with van der Waals surface area (Å²) in [5.41, 5.74) is 19.6. The first kappa shape index (κ1) is 30.5. The van der Waals surface area contributed by atoms with Crippen LogP contribution in [0.25, 0.3) is 31.8 Å². The molecular formula is C30H37N11O4. The maximum Gasteiger partial charge on any atom is 0.435 e. The zero-order chi connectivity index (χ0) is 31.4. The van der Waals surface area contributed by atoms with Gasteiger partial charge in [0.25, 0.3) is 5.91 Å². The number of benzene rings is 1. The molecule has 0 bridgehead atoms. The van der Waals surface area contributed by atoms with E-state index in [-0.39, 0.29) is 31.1 Å². The maximum atomic E-state index is 14.2. The Labute approximate surface area is 259 Å². The first-order valence-corrected chi connectivity index (χ1v) is 15.4. The van der Waals surface area contributed by atoms with Gasteiger partial charge in [-0.15, -0.1) is 0 Å². The van der Waals surface area contributed by atoms with Crippen molar-refractivity contribution >= 4 is 22.9 Å². The molecule has 6 rings (SSSR count). The average molecular weight is 616 g/mol. The molecule has 2 fully saturated rings. The average Bonchev–Trinajstić information content (AvgIpc) is 3.64. The van der Waals surface area contributed by atoms with Gasteiger partial charge in [0.1, 0.15) is 5.60 Å². The molecular weight excluding hydrogens is 578 g/mol.